The van der Waals surface area contributed by atoms with E-state index in [1.54, 1.807) is 0 Å². The molecular weight excluding hydrogens is 284 g/mol. The normalized spacial score (nSPS) is 33.5. The van der Waals surface area contributed by atoms with Crippen molar-refractivity contribution in [3.8, 4) is 0 Å². The number of hydrogen-bond acceptors (Lipinski definition) is 6. The number of rotatable bonds is 4. The first-order chi connectivity index (χ1) is 9.92. The molecule has 4 atom stereocenters. The fraction of sp³-hybridized carbons (Fsp3) is 0.583. The molecule has 4 N–H and O–H groups in total. The molecule has 9 nitrogen and oxygen atoms in total. The van der Waals surface area contributed by atoms with E-state index in [2.05, 4.69) is 5.32 Å². The standard InChI is InChI=1S/C12H16N2O7/c15-5-8-7(16)3-9(21-8)14-4-6(1-2-10(17)18)11(19)13-12(14)20/h1-2,6-9,15-16H,3-5H2,(H,17,18)(H,13,19,20). The van der Waals surface area contributed by atoms with E-state index in [0.29, 0.717) is 0 Å². The van der Waals surface area contributed by atoms with E-state index in [-0.39, 0.29) is 19.6 Å². The van der Waals surface area contributed by atoms with E-state index in [9.17, 15) is 19.5 Å². The maximum atomic E-state index is 11.8. The van der Waals surface area contributed by atoms with Crippen molar-refractivity contribution in [1.82, 2.24) is 10.2 Å². The molecule has 0 aromatic carbocycles. The molecule has 0 bridgehead atoms. The molecule has 2 saturated heterocycles. The lowest BCUT2D eigenvalue weighted by Gasteiger charge is -2.34. The van der Waals surface area contributed by atoms with Gasteiger partial charge in [0.25, 0.3) is 0 Å². The van der Waals surface area contributed by atoms with E-state index >= 15 is 0 Å². The van der Waals surface area contributed by atoms with Crippen LogP contribution in [0.5, 0.6) is 0 Å². The number of aliphatic hydroxyl groups excluding tert-OH is 2. The molecule has 2 aliphatic heterocycles. The monoisotopic (exact) mass is 300 g/mol. The van der Waals surface area contributed by atoms with Crippen LogP contribution in [0.15, 0.2) is 12.2 Å². The molecule has 0 aromatic rings. The second-order valence-electron chi connectivity index (χ2n) is 4.87. The highest BCUT2D eigenvalue weighted by Crippen LogP contribution is 2.25. The van der Waals surface area contributed by atoms with Gasteiger partial charge >= 0.3 is 12.0 Å². The first kappa shape index (κ1) is 15.4. The van der Waals surface area contributed by atoms with Gasteiger partial charge in [0.05, 0.1) is 18.6 Å². The van der Waals surface area contributed by atoms with Crippen LogP contribution in [0.3, 0.4) is 0 Å². The number of amides is 3. The van der Waals surface area contributed by atoms with E-state index in [1.807, 2.05) is 0 Å². The maximum Gasteiger partial charge on any atom is 0.328 e. The number of imide groups is 1. The van der Waals surface area contributed by atoms with E-state index in [1.165, 1.54) is 11.0 Å². The molecule has 0 radical (unpaired) electrons. The third kappa shape index (κ3) is 3.38. The number of carboxylic acid groups (broad SMARTS) is 1. The van der Waals surface area contributed by atoms with Gasteiger partial charge in [-0.1, -0.05) is 6.08 Å². The molecule has 0 spiro atoms. The number of carboxylic acids is 1. The minimum absolute atomic E-state index is 0.0516. The Morgan fingerprint density at radius 2 is 2.19 bits per heavy atom. The van der Waals surface area contributed by atoms with Gasteiger partial charge in [-0.3, -0.25) is 15.0 Å². The minimum atomic E-state index is -1.20. The highest BCUT2D eigenvalue weighted by atomic mass is 16.5. The Bertz CT molecular complexity index is 478. The van der Waals surface area contributed by atoms with Crippen LogP contribution in [0.2, 0.25) is 0 Å². The van der Waals surface area contributed by atoms with Crippen molar-refractivity contribution in [2.45, 2.75) is 24.9 Å². The molecule has 4 unspecified atom stereocenters. The second kappa shape index (κ2) is 6.20. The van der Waals surface area contributed by atoms with Crippen molar-refractivity contribution in [2.24, 2.45) is 5.92 Å². The summed E-state index contributed by atoms with van der Waals surface area (Å²) in [5.41, 5.74) is 0. The Hall–Kier alpha value is -1.97. The zero-order chi connectivity index (χ0) is 15.6. The van der Waals surface area contributed by atoms with Gasteiger partial charge in [-0.05, 0) is 0 Å². The summed E-state index contributed by atoms with van der Waals surface area (Å²) >= 11 is 0. The number of nitrogens with one attached hydrogen (secondary N) is 1. The summed E-state index contributed by atoms with van der Waals surface area (Å²) in [6, 6.07) is -0.671. The summed E-state index contributed by atoms with van der Waals surface area (Å²) in [6.45, 7) is -0.432. The van der Waals surface area contributed by atoms with Crippen LogP contribution in [0.1, 0.15) is 6.42 Å². The third-order valence-corrected chi connectivity index (χ3v) is 3.42. The maximum absolute atomic E-state index is 11.8. The number of aliphatic carboxylic acids is 1. The SMILES string of the molecule is O=C(O)C=CC1CN(C2CC(O)C(CO)O2)C(=O)NC1=O. The van der Waals surface area contributed by atoms with Gasteiger partial charge in [0.2, 0.25) is 5.91 Å². The third-order valence-electron chi connectivity index (χ3n) is 3.42. The highest BCUT2D eigenvalue weighted by Gasteiger charge is 2.42. The Labute approximate surface area is 119 Å². The molecule has 0 aliphatic carbocycles. The minimum Gasteiger partial charge on any atom is -0.478 e. The molecule has 2 rings (SSSR count). The quantitative estimate of drug-likeness (QED) is 0.452. The molecule has 2 heterocycles. The lowest BCUT2D eigenvalue weighted by Crippen LogP contribution is -2.57. The van der Waals surface area contributed by atoms with E-state index in [0.717, 1.165) is 6.08 Å². The zero-order valence-corrected chi connectivity index (χ0v) is 11.0. The first-order valence-corrected chi connectivity index (χ1v) is 6.39. The van der Waals surface area contributed by atoms with Gasteiger partial charge in [-0.15, -0.1) is 0 Å². The van der Waals surface area contributed by atoms with Crippen LogP contribution in [-0.4, -0.2) is 69.7 Å². The molecular formula is C12H16N2O7. The van der Waals surface area contributed by atoms with Crippen LogP contribution in [0.25, 0.3) is 0 Å². The van der Waals surface area contributed by atoms with E-state index < -0.39 is 42.3 Å². The van der Waals surface area contributed by atoms with Crippen molar-refractivity contribution >= 4 is 17.9 Å². The molecule has 116 valence electrons. The summed E-state index contributed by atoms with van der Waals surface area (Å²) in [6.07, 6.45) is -0.328. The molecule has 0 saturated carbocycles. The summed E-state index contributed by atoms with van der Waals surface area (Å²) in [7, 11) is 0. The molecule has 2 fully saturated rings. The number of urea groups is 1. The average molecular weight is 300 g/mol. The predicted molar refractivity (Wildman–Crippen MR) is 66.9 cm³/mol. The van der Waals surface area contributed by atoms with Gasteiger partial charge in [0.15, 0.2) is 0 Å². The van der Waals surface area contributed by atoms with Crippen LogP contribution < -0.4 is 5.32 Å². The molecule has 2 aliphatic rings. The summed E-state index contributed by atoms with van der Waals surface area (Å²) < 4.78 is 5.36. The smallest absolute Gasteiger partial charge is 0.328 e. The predicted octanol–water partition coefficient (Wildman–Crippen LogP) is -1.74. The lowest BCUT2D eigenvalue weighted by atomic mass is 10.0. The van der Waals surface area contributed by atoms with Crippen molar-refractivity contribution in [3.05, 3.63) is 12.2 Å². The van der Waals surface area contributed by atoms with Gasteiger partial charge in [0.1, 0.15) is 12.3 Å². The second-order valence-corrected chi connectivity index (χ2v) is 4.87. The highest BCUT2D eigenvalue weighted by molar-refractivity contribution is 5.99. The van der Waals surface area contributed by atoms with Crippen LogP contribution >= 0.6 is 0 Å². The first-order valence-electron chi connectivity index (χ1n) is 6.39. The van der Waals surface area contributed by atoms with Crippen molar-refractivity contribution in [3.63, 3.8) is 0 Å². The fourth-order valence-electron chi connectivity index (χ4n) is 2.31. The zero-order valence-electron chi connectivity index (χ0n) is 11.0. The summed E-state index contributed by atoms with van der Waals surface area (Å²) in [4.78, 5) is 35.1. The molecule has 3 amide bonds. The number of nitrogens with zero attached hydrogens (tertiary/aromatic N) is 1. The van der Waals surface area contributed by atoms with Gasteiger partial charge < -0.3 is 20.1 Å². The lowest BCUT2D eigenvalue weighted by molar-refractivity contribution is -0.131. The van der Waals surface area contributed by atoms with Crippen LogP contribution in [0.4, 0.5) is 4.79 Å². The molecule has 21 heavy (non-hydrogen) atoms. The Kier molecular flexibility index (Phi) is 4.56. The van der Waals surface area contributed by atoms with Crippen molar-refractivity contribution in [1.29, 1.82) is 0 Å². The van der Waals surface area contributed by atoms with Crippen molar-refractivity contribution in [2.75, 3.05) is 13.2 Å². The number of hydrogen-bond donors (Lipinski definition) is 4. The number of aliphatic hydroxyl groups is 2. The molecule has 0 aromatic heterocycles. The van der Waals surface area contributed by atoms with Gasteiger partial charge in [-0.2, -0.15) is 0 Å². The Morgan fingerprint density at radius 3 is 2.76 bits per heavy atom. The van der Waals surface area contributed by atoms with Crippen LogP contribution in [0, 0.1) is 5.92 Å². The Morgan fingerprint density at radius 1 is 1.48 bits per heavy atom. The number of carbonyl (C=O) groups is 3. The summed E-state index contributed by atoms with van der Waals surface area (Å²) in [5, 5.41) is 29.4. The van der Waals surface area contributed by atoms with Crippen LogP contribution in [-0.2, 0) is 14.3 Å². The van der Waals surface area contributed by atoms with E-state index in [4.69, 9.17) is 14.9 Å². The number of ether oxygens (including phenoxy) is 1. The topological polar surface area (TPSA) is 136 Å². The fourth-order valence-corrected chi connectivity index (χ4v) is 2.31. The largest absolute Gasteiger partial charge is 0.478 e. The Balaban J connectivity index is 2.07. The number of carbonyl (C=O) groups excluding carboxylic acids is 2. The average Bonchev–Trinajstić information content (AvgIpc) is 2.78. The van der Waals surface area contributed by atoms with Crippen molar-refractivity contribution < 1.29 is 34.4 Å². The van der Waals surface area contributed by atoms with Gasteiger partial charge in [0, 0.05) is 19.0 Å². The van der Waals surface area contributed by atoms with Gasteiger partial charge in [-0.25, -0.2) is 9.59 Å². The molecule has 9 heteroatoms. The summed E-state index contributed by atoms with van der Waals surface area (Å²) in [5.74, 6) is -2.60.